The predicted octanol–water partition coefficient (Wildman–Crippen LogP) is 1.93. The highest BCUT2D eigenvalue weighted by Crippen LogP contribution is 2.39. The van der Waals surface area contributed by atoms with Crippen LogP contribution >= 0.6 is 0 Å². The zero-order valence-corrected chi connectivity index (χ0v) is 13.2. The molecule has 1 aromatic heterocycles. The lowest BCUT2D eigenvalue weighted by Crippen LogP contribution is -2.54. The van der Waals surface area contributed by atoms with Crippen LogP contribution in [0, 0.1) is 12.8 Å². The normalized spacial score (nSPS) is 18.1. The number of carboxylic acid groups (broad SMARTS) is 1. The number of carboxylic acids is 1. The largest absolute Gasteiger partial charge is 0.480 e. The van der Waals surface area contributed by atoms with Crippen LogP contribution in [0.15, 0.2) is 6.07 Å². The van der Waals surface area contributed by atoms with Crippen molar-refractivity contribution in [3.05, 3.63) is 17.5 Å². The van der Waals surface area contributed by atoms with Crippen LogP contribution in [-0.4, -0.2) is 32.3 Å². The lowest BCUT2D eigenvalue weighted by molar-refractivity contribution is -0.144. The molecule has 0 aliphatic heterocycles. The Labute approximate surface area is 124 Å². The molecule has 0 saturated heterocycles. The molecule has 21 heavy (non-hydrogen) atoms. The summed E-state index contributed by atoms with van der Waals surface area (Å²) in [6, 6.07) is 1.69. The van der Waals surface area contributed by atoms with Gasteiger partial charge in [-0.25, -0.2) is 4.79 Å². The van der Waals surface area contributed by atoms with E-state index in [4.69, 9.17) is 0 Å². The number of aryl methyl sites for hydroxylation is 1. The van der Waals surface area contributed by atoms with Gasteiger partial charge in [-0.05, 0) is 59.4 Å². The fourth-order valence-corrected chi connectivity index (χ4v) is 2.56. The highest BCUT2D eigenvalue weighted by Gasteiger charge is 2.48. The summed E-state index contributed by atoms with van der Waals surface area (Å²) < 4.78 is 1.77. The minimum atomic E-state index is -1.21. The molecule has 1 aromatic rings. The van der Waals surface area contributed by atoms with Crippen LogP contribution in [-0.2, 0) is 10.3 Å². The Morgan fingerprint density at radius 2 is 1.90 bits per heavy atom. The summed E-state index contributed by atoms with van der Waals surface area (Å²) in [5.74, 6) is -1.42. The zero-order chi connectivity index (χ0) is 16.0. The van der Waals surface area contributed by atoms with Crippen LogP contribution in [0.25, 0.3) is 0 Å². The molecule has 1 heterocycles. The maximum Gasteiger partial charge on any atom is 0.329 e. The molecule has 6 heteroatoms. The number of aliphatic carboxylic acids is 1. The van der Waals surface area contributed by atoms with Gasteiger partial charge in [-0.3, -0.25) is 9.48 Å². The average molecular weight is 293 g/mol. The topological polar surface area (TPSA) is 84.2 Å². The Hall–Kier alpha value is -1.85. The number of carbonyl (C=O) groups is 2. The van der Waals surface area contributed by atoms with Crippen LogP contribution in [0.4, 0.5) is 0 Å². The summed E-state index contributed by atoms with van der Waals surface area (Å²) in [5.41, 5.74) is -0.308. The maximum absolute atomic E-state index is 12.3. The Morgan fingerprint density at radius 3 is 2.29 bits per heavy atom. The van der Waals surface area contributed by atoms with E-state index >= 15 is 0 Å². The van der Waals surface area contributed by atoms with Gasteiger partial charge in [0.25, 0.3) is 5.91 Å². The van der Waals surface area contributed by atoms with E-state index in [9.17, 15) is 14.7 Å². The second-order valence-electron chi connectivity index (χ2n) is 6.99. The summed E-state index contributed by atoms with van der Waals surface area (Å²) in [7, 11) is 0. The highest BCUT2D eigenvalue weighted by molar-refractivity contribution is 5.96. The van der Waals surface area contributed by atoms with Crippen molar-refractivity contribution in [2.45, 2.75) is 58.5 Å². The lowest BCUT2D eigenvalue weighted by Gasteiger charge is -2.25. The number of hydrogen-bond donors (Lipinski definition) is 2. The van der Waals surface area contributed by atoms with Crippen molar-refractivity contribution >= 4 is 11.9 Å². The Balaban J connectivity index is 2.23. The molecule has 1 amide bonds. The Bertz CT molecular complexity index is 581. The lowest BCUT2D eigenvalue weighted by atomic mass is 9.96. The minimum Gasteiger partial charge on any atom is -0.480 e. The van der Waals surface area contributed by atoms with E-state index in [1.807, 2.05) is 27.7 Å². The first-order chi connectivity index (χ1) is 9.55. The first-order valence-corrected chi connectivity index (χ1v) is 7.19. The molecule has 1 saturated carbocycles. The van der Waals surface area contributed by atoms with E-state index in [1.165, 1.54) is 0 Å². The standard InChI is InChI=1S/C15H23N3O3/c1-9-8-11(17-18(9)14(2,3)4)12(19)16-15(5,13(20)21)10-6-7-10/h8,10H,6-7H2,1-5H3,(H,16,19)(H,20,21)/t15-/m1/s1. The van der Waals surface area contributed by atoms with Crippen LogP contribution in [0.3, 0.4) is 0 Å². The molecule has 0 bridgehead atoms. The molecule has 116 valence electrons. The molecule has 0 radical (unpaired) electrons. The minimum absolute atomic E-state index is 0.00440. The van der Waals surface area contributed by atoms with Gasteiger partial charge in [-0.15, -0.1) is 0 Å². The molecule has 2 N–H and O–H groups in total. The van der Waals surface area contributed by atoms with Crippen LogP contribution in [0.2, 0.25) is 0 Å². The van der Waals surface area contributed by atoms with Crippen LogP contribution < -0.4 is 5.32 Å². The third-order valence-electron chi connectivity index (χ3n) is 3.97. The first kappa shape index (κ1) is 15.5. The summed E-state index contributed by atoms with van der Waals surface area (Å²) >= 11 is 0. The smallest absolute Gasteiger partial charge is 0.329 e. The first-order valence-electron chi connectivity index (χ1n) is 7.19. The fraction of sp³-hybridized carbons (Fsp3) is 0.667. The fourth-order valence-electron chi connectivity index (χ4n) is 2.56. The van der Waals surface area contributed by atoms with Crippen molar-refractivity contribution in [2.75, 3.05) is 0 Å². The van der Waals surface area contributed by atoms with E-state index in [0.29, 0.717) is 0 Å². The number of rotatable bonds is 4. The van der Waals surface area contributed by atoms with Gasteiger partial charge in [-0.1, -0.05) is 0 Å². The van der Waals surface area contributed by atoms with E-state index in [1.54, 1.807) is 17.7 Å². The van der Waals surface area contributed by atoms with Crippen LogP contribution in [0.5, 0.6) is 0 Å². The third-order valence-corrected chi connectivity index (χ3v) is 3.97. The third kappa shape index (κ3) is 2.94. The summed E-state index contributed by atoms with van der Waals surface area (Å²) in [6.07, 6.45) is 1.66. The molecular formula is C15H23N3O3. The molecule has 2 rings (SSSR count). The molecule has 0 aromatic carbocycles. The van der Waals surface area contributed by atoms with Gasteiger partial charge in [0, 0.05) is 5.69 Å². The number of amides is 1. The van der Waals surface area contributed by atoms with Gasteiger partial charge >= 0.3 is 5.97 Å². The van der Waals surface area contributed by atoms with E-state index in [0.717, 1.165) is 18.5 Å². The Kier molecular flexibility index (Phi) is 3.59. The summed E-state index contributed by atoms with van der Waals surface area (Å²) in [4.78, 5) is 23.8. The Morgan fingerprint density at radius 1 is 1.33 bits per heavy atom. The molecular weight excluding hydrogens is 270 g/mol. The highest BCUT2D eigenvalue weighted by atomic mass is 16.4. The summed E-state index contributed by atoms with van der Waals surface area (Å²) in [6.45, 7) is 9.45. The van der Waals surface area contributed by atoms with Crippen LogP contribution in [0.1, 0.15) is 56.7 Å². The quantitative estimate of drug-likeness (QED) is 0.888. The van der Waals surface area contributed by atoms with Gasteiger partial charge in [-0.2, -0.15) is 5.10 Å². The number of nitrogens with zero attached hydrogens (tertiary/aromatic N) is 2. The molecule has 6 nitrogen and oxygen atoms in total. The van der Waals surface area contributed by atoms with E-state index in [2.05, 4.69) is 10.4 Å². The van der Waals surface area contributed by atoms with Crippen molar-refractivity contribution in [3.8, 4) is 0 Å². The number of aromatic nitrogens is 2. The molecule has 0 unspecified atom stereocenters. The van der Waals surface area contributed by atoms with Crippen molar-refractivity contribution in [1.82, 2.24) is 15.1 Å². The number of nitrogens with one attached hydrogen (secondary N) is 1. The van der Waals surface area contributed by atoms with Gasteiger partial charge in [0.2, 0.25) is 0 Å². The zero-order valence-electron chi connectivity index (χ0n) is 13.2. The molecule has 1 atom stereocenters. The molecule has 0 spiro atoms. The number of hydrogen-bond acceptors (Lipinski definition) is 3. The predicted molar refractivity (Wildman–Crippen MR) is 78.2 cm³/mol. The monoisotopic (exact) mass is 293 g/mol. The van der Waals surface area contributed by atoms with Gasteiger partial charge in [0.15, 0.2) is 0 Å². The van der Waals surface area contributed by atoms with E-state index in [-0.39, 0.29) is 17.2 Å². The van der Waals surface area contributed by atoms with Crippen molar-refractivity contribution < 1.29 is 14.7 Å². The second kappa shape index (κ2) is 4.86. The molecule has 1 aliphatic carbocycles. The molecule has 1 aliphatic rings. The van der Waals surface area contributed by atoms with Crippen molar-refractivity contribution in [3.63, 3.8) is 0 Å². The molecule has 1 fully saturated rings. The van der Waals surface area contributed by atoms with Gasteiger partial charge < -0.3 is 10.4 Å². The van der Waals surface area contributed by atoms with Gasteiger partial charge in [0.05, 0.1) is 5.54 Å². The van der Waals surface area contributed by atoms with Crippen molar-refractivity contribution in [2.24, 2.45) is 5.92 Å². The second-order valence-corrected chi connectivity index (χ2v) is 6.99. The average Bonchev–Trinajstić information content (AvgIpc) is 3.10. The maximum atomic E-state index is 12.3. The van der Waals surface area contributed by atoms with E-state index < -0.39 is 17.4 Å². The SMILES string of the molecule is Cc1cc(C(=O)N[C@@](C)(C(=O)O)C2CC2)nn1C(C)(C)C. The summed E-state index contributed by atoms with van der Waals surface area (Å²) in [5, 5.41) is 16.4. The number of carbonyl (C=O) groups excluding carboxylic acids is 1. The van der Waals surface area contributed by atoms with Gasteiger partial charge in [0.1, 0.15) is 11.2 Å². The van der Waals surface area contributed by atoms with Crippen molar-refractivity contribution in [1.29, 1.82) is 0 Å².